The van der Waals surface area contributed by atoms with Gasteiger partial charge in [-0.15, -0.1) is 0 Å². The molecule has 1 heterocycles. The van der Waals surface area contributed by atoms with Crippen molar-refractivity contribution in [3.05, 3.63) is 47.6 Å². The van der Waals surface area contributed by atoms with Crippen molar-refractivity contribution in [1.82, 2.24) is 10.1 Å². The van der Waals surface area contributed by atoms with Crippen LogP contribution in [0.25, 0.3) is 0 Å². The molecule has 0 amide bonds. The molecule has 0 radical (unpaired) electrons. The van der Waals surface area contributed by atoms with Gasteiger partial charge >= 0.3 is 0 Å². The number of aryl methyl sites for hydroxylation is 1. The molecule has 5 heteroatoms. The average molecular weight is 287 g/mol. The van der Waals surface area contributed by atoms with Crippen LogP contribution in [0, 0.1) is 5.92 Å². The van der Waals surface area contributed by atoms with Crippen molar-refractivity contribution in [2.45, 2.75) is 37.8 Å². The first-order valence-electron chi connectivity index (χ1n) is 7.43. The second kappa shape index (κ2) is 6.37. The van der Waals surface area contributed by atoms with Crippen LogP contribution in [0.3, 0.4) is 0 Å². The van der Waals surface area contributed by atoms with Crippen LogP contribution in [0.15, 0.2) is 34.9 Å². The van der Waals surface area contributed by atoms with Crippen molar-refractivity contribution in [3.63, 3.8) is 0 Å². The molecule has 0 bridgehead atoms. The Kier molecular flexibility index (Phi) is 4.31. The van der Waals surface area contributed by atoms with Gasteiger partial charge in [-0.05, 0) is 37.2 Å². The predicted molar refractivity (Wildman–Crippen MR) is 78.5 cm³/mol. The lowest BCUT2D eigenvalue weighted by molar-refractivity contribution is 0.0751. The van der Waals surface area contributed by atoms with Gasteiger partial charge in [0.25, 0.3) is 0 Å². The smallest absolute Gasteiger partial charge is 0.243 e. The molecule has 3 rings (SSSR count). The number of rotatable bonds is 7. The molecule has 1 aromatic heterocycles. The Labute approximate surface area is 124 Å². The number of benzene rings is 1. The molecule has 0 spiro atoms. The fourth-order valence-electron chi connectivity index (χ4n) is 2.51. The maximum Gasteiger partial charge on any atom is 0.243 e. The lowest BCUT2D eigenvalue weighted by Crippen LogP contribution is -2.12. The summed E-state index contributed by atoms with van der Waals surface area (Å²) in [6.45, 7) is 0. The number of hydrogen-bond acceptors (Lipinski definition) is 5. The Hall–Kier alpha value is -1.72. The molecule has 5 nitrogen and oxygen atoms in total. The van der Waals surface area contributed by atoms with E-state index in [1.807, 2.05) is 18.2 Å². The summed E-state index contributed by atoms with van der Waals surface area (Å²) in [4.78, 5) is 4.43. The van der Waals surface area contributed by atoms with Crippen LogP contribution < -0.4 is 5.73 Å². The summed E-state index contributed by atoms with van der Waals surface area (Å²) in [5.74, 6) is 1.66. The summed E-state index contributed by atoms with van der Waals surface area (Å²) in [6.07, 6.45) is 3.97. The first-order valence-corrected chi connectivity index (χ1v) is 7.43. The Balaban J connectivity index is 1.60. The highest BCUT2D eigenvalue weighted by atomic mass is 16.5. The van der Waals surface area contributed by atoms with E-state index in [4.69, 9.17) is 15.0 Å². The van der Waals surface area contributed by atoms with Crippen LogP contribution in [0.4, 0.5) is 0 Å². The van der Waals surface area contributed by atoms with Gasteiger partial charge in [0.05, 0.1) is 6.04 Å². The highest BCUT2D eigenvalue weighted by Gasteiger charge is 2.35. The molecule has 2 aromatic rings. The number of methoxy groups -OCH3 is 1. The normalized spacial score (nSPS) is 17.6. The summed E-state index contributed by atoms with van der Waals surface area (Å²) < 4.78 is 10.8. The third kappa shape index (κ3) is 3.49. The molecule has 21 heavy (non-hydrogen) atoms. The van der Waals surface area contributed by atoms with E-state index >= 15 is 0 Å². The summed E-state index contributed by atoms with van der Waals surface area (Å²) in [5, 5.41) is 4.03. The SMILES string of the molecule is COC(c1noc(C(N)CCc2ccccc2)n1)C1CC1. The minimum Gasteiger partial charge on any atom is -0.373 e. The van der Waals surface area contributed by atoms with Gasteiger partial charge < -0.3 is 15.0 Å². The van der Waals surface area contributed by atoms with Crippen LogP contribution in [-0.4, -0.2) is 17.3 Å². The fourth-order valence-corrected chi connectivity index (χ4v) is 2.51. The minimum absolute atomic E-state index is 0.0520. The van der Waals surface area contributed by atoms with Gasteiger partial charge in [0.1, 0.15) is 6.10 Å². The quantitative estimate of drug-likeness (QED) is 0.847. The monoisotopic (exact) mass is 287 g/mol. The van der Waals surface area contributed by atoms with Gasteiger partial charge in [-0.2, -0.15) is 4.98 Å². The molecule has 1 aromatic carbocycles. The van der Waals surface area contributed by atoms with Gasteiger partial charge in [0.15, 0.2) is 0 Å². The number of nitrogens with two attached hydrogens (primary N) is 1. The molecule has 0 saturated heterocycles. The molecule has 2 N–H and O–H groups in total. The van der Waals surface area contributed by atoms with Crippen LogP contribution in [0.2, 0.25) is 0 Å². The lowest BCUT2D eigenvalue weighted by atomic mass is 10.1. The lowest BCUT2D eigenvalue weighted by Gasteiger charge is -2.09. The Morgan fingerprint density at radius 1 is 1.33 bits per heavy atom. The van der Waals surface area contributed by atoms with Crippen molar-refractivity contribution in [1.29, 1.82) is 0 Å². The first kappa shape index (κ1) is 14.2. The largest absolute Gasteiger partial charge is 0.373 e. The number of aromatic nitrogens is 2. The third-order valence-electron chi connectivity index (χ3n) is 3.92. The molecule has 1 aliphatic rings. The first-order chi connectivity index (χ1) is 10.3. The second-order valence-corrected chi connectivity index (χ2v) is 5.62. The molecule has 1 aliphatic carbocycles. The number of hydrogen-bond donors (Lipinski definition) is 1. The summed E-state index contributed by atoms with van der Waals surface area (Å²) in [5.41, 5.74) is 7.42. The van der Waals surface area contributed by atoms with Crippen molar-refractivity contribution in [3.8, 4) is 0 Å². The van der Waals surface area contributed by atoms with Crippen molar-refractivity contribution >= 4 is 0 Å². The van der Waals surface area contributed by atoms with Crippen molar-refractivity contribution in [2.24, 2.45) is 11.7 Å². The van der Waals surface area contributed by atoms with E-state index in [1.165, 1.54) is 18.4 Å². The second-order valence-electron chi connectivity index (χ2n) is 5.62. The third-order valence-corrected chi connectivity index (χ3v) is 3.92. The van der Waals surface area contributed by atoms with Crippen LogP contribution in [-0.2, 0) is 11.2 Å². The van der Waals surface area contributed by atoms with E-state index in [0.29, 0.717) is 17.6 Å². The van der Waals surface area contributed by atoms with Gasteiger partial charge in [-0.3, -0.25) is 0 Å². The summed E-state index contributed by atoms with van der Waals surface area (Å²) in [7, 11) is 1.69. The molecular formula is C16H21N3O2. The Bertz CT molecular complexity index is 566. The highest BCUT2D eigenvalue weighted by Crippen LogP contribution is 2.42. The fraction of sp³-hybridized carbons (Fsp3) is 0.500. The maximum absolute atomic E-state index is 6.15. The van der Waals surface area contributed by atoms with Gasteiger partial charge in [-0.1, -0.05) is 35.5 Å². The van der Waals surface area contributed by atoms with E-state index in [-0.39, 0.29) is 12.1 Å². The zero-order valence-electron chi connectivity index (χ0n) is 12.2. The van der Waals surface area contributed by atoms with Crippen LogP contribution in [0.1, 0.15) is 48.7 Å². The van der Waals surface area contributed by atoms with E-state index in [2.05, 4.69) is 22.3 Å². The van der Waals surface area contributed by atoms with Gasteiger partial charge in [-0.25, -0.2) is 0 Å². The van der Waals surface area contributed by atoms with E-state index in [9.17, 15) is 0 Å². The highest BCUT2D eigenvalue weighted by molar-refractivity contribution is 5.15. The zero-order valence-corrected chi connectivity index (χ0v) is 12.2. The minimum atomic E-state index is -0.233. The molecular weight excluding hydrogens is 266 g/mol. The Morgan fingerprint density at radius 2 is 2.10 bits per heavy atom. The maximum atomic E-state index is 6.15. The molecule has 2 unspecified atom stereocenters. The predicted octanol–water partition coefficient (Wildman–Crippen LogP) is 2.80. The molecule has 1 fully saturated rings. The molecule has 2 atom stereocenters. The summed E-state index contributed by atoms with van der Waals surface area (Å²) in [6, 6.07) is 10.0. The molecule has 0 aliphatic heterocycles. The number of ether oxygens (including phenoxy) is 1. The topological polar surface area (TPSA) is 74.2 Å². The zero-order chi connectivity index (χ0) is 14.7. The van der Waals surface area contributed by atoms with Gasteiger partial charge in [0, 0.05) is 7.11 Å². The summed E-state index contributed by atoms with van der Waals surface area (Å²) >= 11 is 0. The average Bonchev–Trinajstić information content (AvgIpc) is 3.23. The molecule has 112 valence electrons. The van der Waals surface area contributed by atoms with E-state index < -0.39 is 0 Å². The van der Waals surface area contributed by atoms with Crippen LogP contribution in [0.5, 0.6) is 0 Å². The van der Waals surface area contributed by atoms with Crippen molar-refractivity contribution < 1.29 is 9.26 Å². The molecule has 1 saturated carbocycles. The Morgan fingerprint density at radius 3 is 2.76 bits per heavy atom. The number of nitrogens with zero attached hydrogens (tertiary/aromatic N) is 2. The van der Waals surface area contributed by atoms with E-state index in [0.717, 1.165) is 12.8 Å². The van der Waals surface area contributed by atoms with E-state index in [1.54, 1.807) is 7.11 Å². The standard InChI is InChI=1S/C16H21N3O2/c1-20-14(12-8-9-12)15-18-16(21-19-15)13(17)10-7-11-5-3-2-4-6-11/h2-6,12-14H,7-10,17H2,1H3. The van der Waals surface area contributed by atoms with Gasteiger partial charge in [0.2, 0.25) is 11.7 Å². The van der Waals surface area contributed by atoms with Crippen LogP contribution >= 0.6 is 0 Å². The van der Waals surface area contributed by atoms with Crippen molar-refractivity contribution in [2.75, 3.05) is 7.11 Å².